The molecule has 2 nitrogen and oxygen atoms in total. The highest BCUT2D eigenvalue weighted by atomic mass is 32.2. The average molecular weight is 236 g/mol. The van der Waals surface area contributed by atoms with Gasteiger partial charge in [-0.1, -0.05) is 24.8 Å². The molecule has 1 aromatic rings. The van der Waals surface area contributed by atoms with Crippen LogP contribution in [0.25, 0.3) is 0 Å². The Hall–Kier alpha value is -1.31. The predicted octanol–water partition coefficient (Wildman–Crippen LogP) is 2.81. The number of allylic oxidation sites excluding steroid dienone is 1. The summed E-state index contributed by atoms with van der Waals surface area (Å²) in [7, 11) is -3.19. The maximum absolute atomic E-state index is 12.1. The van der Waals surface area contributed by atoms with Crippen LogP contribution in [0.15, 0.2) is 41.5 Å². The summed E-state index contributed by atoms with van der Waals surface area (Å²) in [6, 6.07) is 5.51. The smallest absolute Gasteiger partial charge is 0.179 e. The molecule has 0 fully saturated rings. The first-order valence-corrected chi connectivity index (χ1v) is 6.77. The summed E-state index contributed by atoms with van der Waals surface area (Å²) in [6.07, 6.45) is 2.10. The SMILES string of the molecule is C=C=CCCS(=O)(=O)c1c(C)cccc1C. The Labute approximate surface area is 97.2 Å². The average Bonchev–Trinajstić information content (AvgIpc) is 2.17. The van der Waals surface area contributed by atoms with E-state index in [4.69, 9.17) is 0 Å². The second-order valence-electron chi connectivity index (χ2n) is 3.74. The standard InChI is InChI=1S/C13H16O2S/c1-4-5-6-10-16(14,15)13-11(2)8-7-9-12(13)3/h5,7-9H,1,6,10H2,2-3H3. The molecule has 1 rings (SSSR count). The summed E-state index contributed by atoms with van der Waals surface area (Å²) in [6.45, 7) is 7.06. The van der Waals surface area contributed by atoms with E-state index in [0.29, 0.717) is 11.3 Å². The summed E-state index contributed by atoms with van der Waals surface area (Å²) >= 11 is 0. The van der Waals surface area contributed by atoms with E-state index < -0.39 is 9.84 Å². The highest BCUT2D eigenvalue weighted by Gasteiger charge is 2.18. The molecular weight excluding hydrogens is 220 g/mol. The van der Waals surface area contributed by atoms with E-state index in [-0.39, 0.29) is 5.75 Å². The highest BCUT2D eigenvalue weighted by Crippen LogP contribution is 2.21. The normalized spacial score (nSPS) is 10.9. The van der Waals surface area contributed by atoms with Crippen molar-refractivity contribution in [3.63, 3.8) is 0 Å². The van der Waals surface area contributed by atoms with Crippen LogP contribution in [0.1, 0.15) is 17.5 Å². The molecule has 0 bridgehead atoms. The monoisotopic (exact) mass is 236 g/mol. The molecule has 0 saturated carbocycles. The van der Waals surface area contributed by atoms with Crippen LogP contribution in [0.5, 0.6) is 0 Å². The van der Waals surface area contributed by atoms with E-state index in [1.165, 1.54) is 0 Å². The van der Waals surface area contributed by atoms with Crippen LogP contribution in [0.3, 0.4) is 0 Å². The molecule has 0 spiro atoms. The molecule has 16 heavy (non-hydrogen) atoms. The molecule has 0 aromatic heterocycles. The van der Waals surface area contributed by atoms with E-state index in [2.05, 4.69) is 12.3 Å². The molecule has 0 aliphatic rings. The van der Waals surface area contributed by atoms with Crippen LogP contribution < -0.4 is 0 Å². The third-order valence-electron chi connectivity index (χ3n) is 2.40. The Bertz CT molecular complexity index is 501. The van der Waals surface area contributed by atoms with Crippen molar-refractivity contribution in [3.8, 4) is 0 Å². The Morgan fingerprint density at radius 3 is 2.38 bits per heavy atom. The molecule has 0 aliphatic carbocycles. The van der Waals surface area contributed by atoms with Gasteiger partial charge in [0.1, 0.15) is 0 Å². The molecular formula is C13H16O2S. The molecule has 0 heterocycles. The van der Waals surface area contributed by atoms with Crippen LogP contribution in [0.4, 0.5) is 0 Å². The van der Waals surface area contributed by atoms with Crippen LogP contribution in [-0.4, -0.2) is 14.2 Å². The van der Waals surface area contributed by atoms with Crippen molar-refractivity contribution >= 4 is 9.84 Å². The van der Waals surface area contributed by atoms with E-state index >= 15 is 0 Å². The fraction of sp³-hybridized carbons (Fsp3) is 0.308. The number of benzene rings is 1. The van der Waals surface area contributed by atoms with Crippen molar-refractivity contribution in [1.82, 2.24) is 0 Å². The lowest BCUT2D eigenvalue weighted by molar-refractivity contribution is 0.594. The van der Waals surface area contributed by atoms with Crippen LogP contribution >= 0.6 is 0 Å². The van der Waals surface area contributed by atoms with Crippen molar-refractivity contribution in [1.29, 1.82) is 0 Å². The van der Waals surface area contributed by atoms with Crippen molar-refractivity contribution in [2.45, 2.75) is 25.2 Å². The third-order valence-corrected chi connectivity index (χ3v) is 4.43. The Balaban J connectivity index is 3.12. The fourth-order valence-electron chi connectivity index (χ4n) is 1.71. The molecule has 0 amide bonds. The van der Waals surface area contributed by atoms with Crippen LogP contribution in [0, 0.1) is 13.8 Å². The second kappa shape index (κ2) is 5.15. The van der Waals surface area contributed by atoms with Gasteiger partial charge in [0.15, 0.2) is 9.84 Å². The first-order valence-electron chi connectivity index (χ1n) is 5.12. The maximum Gasteiger partial charge on any atom is 0.179 e. The van der Waals surface area contributed by atoms with Gasteiger partial charge >= 0.3 is 0 Å². The number of hydrogen-bond acceptors (Lipinski definition) is 2. The second-order valence-corrected chi connectivity index (χ2v) is 5.78. The van der Waals surface area contributed by atoms with Crippen LogP contribution in [-0.2, 0) is 9.84 Å². The lowest BCUT2D eigenvalue weighted by atomic mass is 10.2. The van der Waals surface area contributed by atoms with Gasteiger partial charge in [-0.05, 0) is 37.5 Å². The van der Waals surface area contributed by atoms with Gasteiger partial charge in [-0.3, -0.25) is 0 Å². The van der Waals surface area contributed by atoms with E-state index in [0.717, 1.165) is 11.1 Å². The van der Waals surface area contributed by atoms with Crippen molar-refractivity contribution in [2.75, 3.05) is 5.75 Å². The molecule has 0 atom stereocenters. The Kier molecular flexibility index (Phi) is 4.11. The number of sulfone groups is 1. The van der Waals surface area contributed by atoms with E-state index in [1.807, 2.05) is 32.0 Å². The van der Waals surface area contributed by atoms with Gasteiger partial charge in [0.05, 0.1) is 10.6 Å². The minimum atomic E-state index is -3.19. The fourth-order valence-corrected chi connectivity index (χ4v) is 3.46. The lowest BCUT2D eigenvalue weighted by Crippen LogP contribution is -2.09. The van der Waals surface area contributed by atoms with E-state index in [1.54, 1.807) is 6.08 Å². The Morgan fingerprint density at radius 2 is 1.88 bits per heavy atom. The number of hydrogen-bond donors (Lipinski definition) is 0. The minimum Gasteiger partial charge on any atom is -0.224 e. The van der Waals surface area contributed by atoms with Gasteiger partial charge in [-0.2, -0.15) is 0 Å². The minimum absolute atomic E-state index is 0.112. The van der Waals surface area contributed by atoms with Gasteiger partial charge in [0.25, 0.3) is 0 Å². The first kappa shape index (κ1) is 12.8. The summed E-state index contributed by atoms with van der Waals surface area (Å²) in [5, 5.41) is 0. The summed E-state index contributed by atoms with van der Waals surface area (Å²) in [5.74, 6) is 0.112. The van der Waals surface area contributed by atoms with Gasteiger partial charge in [0, 0.05) is 0 Å². The van der Waals surface area contributed by atoms with Crippen LogP contribution in [0.2, 0.25) is 0 Å². The molecule has 86 valence electrons. The molecule has 0 radical (unpaired) electrons. The van der Waals surface area contributed by atoms with Crippen molar-refractivity contribution < 1.29 is 8.42 Å². The summed E-state index contributed by atoms with van der Waals surface area (Å²) in [4.78, 5) is 0.465. The van der Waals surface area contributed by atoms with Crippen molar-refractivity contribution in [3.05, 3.63) is 47.7 Å². The third kappa shape index (κ3) is 2.84. The number of rotatable bonds is 4. The zero-order valence-electron chi connectivity index (χ0n) is 9.66. The zero-order chi connectivity index (χ0) is 12.2. The van der Waals surface area contributed by atoms with Crippen molar-refractivity contribution in [2.24, 2.45) is 0 Å². The lowest BCUT2D eigenvalue weighted by Gasteiger charge is -2.09. The molecule has 3 heteroatoms. The van der Waals surface area contributed by atoms with Gasteiger partial charge < -0.3 is 0 Å². The summed E-state index contributed by atoms with van der Waals surface area (Å²) in [5.41, 5.74) is 4.20. The largest absolute Gasteiger partial charge is 0.224 e. The summed E-state index contributed by atoms with van der Waals surface area (Å²) < 4.78 is 24.2. The topological polar surface area (TPSA) is 34.1 Å². The van der Waals surface area contributed by atoms with Gasteiger partial charge in [-0.25, -0.2) is 8.42 Å². The predicted molar refractivity (Wildman–Crippen MR) is 66.3 cm³/mol. The van der Waals surface area contributed by atoms with Gasteiger partial charge in [-0.15, -0.1) is 5.73 Å². The zero-order valence-corrected chi connectivity index (χ0v) is 10.5. The molecule has 0 N–H and O–H groups in total. The highest BCUT2D eigenvalue weighted by molar-refractivity contribution is 7.91. The quantitative estimate of drug-likeness (QED) is 0.753. The van der Waals surface area contributed by atoms with Gasteiger partial charge in [0.2, 0.25) is 0 Å². The Morgan fingerprint density at radius 1 is 1.31 bits per heavy atom. The molecule has 0 aliphatic heterocycles. The number of aryl methyl sites for hydroxylation is 2. The molecule has 0 unspecified atom stereocenters. The molecule has 0 saturated heterocycles. The maximum atomic E-state index is 12.1. The van der Waals surface area contributed by atoms with E-state index in [9.17, 15) is 8.42 Å². The first-order chi connectivity index (χ1) is 7.49. The molecule has 1 aromatic carbocycles.